The van der Waals surface area contributed by atoms with Gasteiger partial charge in [0.2, 0.25) is 23.6 Å². The summed E-state index contributed by atoms with van der Waals surface area (Å²) in [5.74, 6) is -5.23. The second-order valence-corrected chi connectivity index (χ2v) is 7.15. The zero-order chi connectivity index (χ0) is 23.6. The molecule has 10 N–H and O–H groups in total. The van der Waals surface area contributed by atoms with Gasteiger partial charge in [0.1, 0.15) is 18.1 Å². The first-order chi connectivity index (χ1) is 13.8. The molecule has 0 bridgehead atoms. The van der Waals surface area contributed by atoms with Crippen LogP contribution in [0.25, 0.3) is 0 Å². The third-order valence-electron chi connectivity index (χ3n) is 4.15. The lowest BCUT2D eigenvalue weighted by molar-refractivity contribution is -0.144. The predicted molar refractivity (Wildman–Crippen MR) is 103 cm³/mol. The quantitative estimate of drug-likeness (QED) is 0.142. The highest BCUT2D eigenvalue weighted by atomic mass is 16.4. The molecular weight excluding hydrogens is 402 g/mol. The van der Waals surface area contributed by atoms with E-state index in [1.54, 1.807) is 13.8 Å². The van der Waals surface area contributed by atoms with Crippen LogP contribution >= 0.6 is 0 Å². The van der Waals surface area contributed by atoms with E-state index in [9.17, 15) is 34.2 Å². The monoisotopic (exact) mass is 433 g/mol. The molecule has 4 amide bonds. The number of primary amides is 1. The van der Waals surface area contributed by atoms with Crippen molar-refractivity contribution in [1.82, 2.24) is 16.0 Å². The maximum atomic E-state index is 12.4. The van der Waals surface area contributed by atoms with Crippen LogP contribution in [0.1, 0.15) is 33.6 Å². The van der Waals surface area contributed by atoms with Crippen LogP contribution < -0.4 is 27.4 Å². The smallest absolute Gasteiger partial charge is 0.326 e. The normalized spacial score (nSPS) is 16.0. The maximum Gasteiger partial charge on any atom is 0.326 e. The van der Waals surface area contributed by atoms with Gasteiger partial charge in [-0.15, -0.1) is 0 Å². The fourth-order valence-electron chi connectivity index (χ4n) is 2.32. The largest absolute Gasteiger partial charge is 0.480 e. The highest BCUT2D eigenvalue weighted by Crippen LogP contribution is 2.03. The topological polar surface area (TPSA) is 234 Å². The van der Waals surface area contributed by atoms with Gasteiger partial charge in [-0.3, -0.25) is 19.2 Å². The molecule has 0 radical (unpaired) electrons. The molecule has 0 saturated carbocycles. The van der Waals surface area contributed by atoms with Crippen molar-refractivity contribution in [3.63, 3.8) is 0 Å². The number of nitrogens with two attached hydrogens (primary N) is 2. The number of carbonyl (C=O) groups excluding carboxylic acids is 4. The lowest BCUT2D eigenvalue weighted by atomic mass is 10.0. The Morgan fingerprint density at radius 1 is 0.900 bits per heavy atom. The molecule has 0 aromatic rings. The summed E-state index contributed by atoms with van der Waals surface area (Å²) in [5, 5.41) is 34.9. The Balaban J connectivity index is 5.13. The van der Waals surface area contributed by atoms with Gasteiger partial charge in [0, 0.05) is 6.42 Å². The van der Waals surface area contributed by atoms with E-state index in [4.69, 9.17) is 16.6 Å². The van der Waals surface area contributed by atoms with E-state index in [-0.39, 0.29) is 12.8 Å². The van der Waals surface area contributed by atoms with Gasteiger partial charge in [0.05, 0.1) is 18.8 Å². The van der Waals surface area contributed by atoms with E-state index in [1.807, 2.05) is 0 Å². The van der Waals surface area contributed by atoms with Crippen LogP contribution in [-0.4, -0.2) is 81.8 Å². The number of aliphatic carboxylic acids is 1. The molecule has 0 heterocycles. The van der Waals surface area contributed by atoms with Crippen molar-refractivity contribution in [1.29, 1.82) is 0 Å². The summed E-state index contributed by atoms with van der Waals surface area (Å²) in [5.41, 5.74) is 10.6. The van der Waals surface area contributed by atoms with Crippen molar-refractivity contribution in [2.75, 3.05) is 6.61 Å². The maximum absolute atomic E-state index is 12.4. The number of hydrogen-bond donors (Lipinski definition) is 8. The number of rotatable bonds is 13. The van der Waals surface area contributed by atoms with Crippen LogP contribution in [-0.2, 0) is 24.0 Å². The minimum absolute atomic E-state index is 0.0806. The molecule has 0 aliphatic rings. The molecule has 0 aliphatic carbocycles. The molecule has 13 heteroatoms. The molecule has 0 spiro atoms. The van der Waals surface area contributed by atoms with Gasteiger partial charge in [0.15, 0.2) is 0 Å². The Hall–Kier alpha value is -2.77. The molecule has 13 nitrogen and oxygen atoms in total. The number of amides is 4. The first kappa shape index (κ1) is 27.2. The second kappa shape index (κ2) is 12.7. The van der Waals surface area contributed by atoms with E-state index < -0.39 is 72.4 Å². The lowest BCUT2D eigenvalue weighted by Crippen LogP contribution is -2.60. The van der Waals surface area contributed by atoms with E-state index in [0.29, 0.717) is 0 Å². The summed E-state index contributed by atoms with van der Waals surface area (Å²) in [6.07, 6.45) is -1.64. The van der Waals surface area contributed by atoms with Crippen LogP contribution in [0.3, 0.4) is 0 Å². The molecule has 0 aliphatic heterocycles. The Kier molecular flexibility index (Phi) is 11.5. The number of nitrogens with one attached hydrogen (secondary N) is 3. The minimum atomic E-state index is -1.53. The SMILES string of the molecule is CC(C)[C@H](NC(=O)[C@H](CO)NC(=O)[C@@H](NC(=O)[C@@H](N)CCC(N)=O)[C@@H](C)O)C(=O)O. The van der Waals surface area contributed by atoms with Crippen molar-refractivity contribution in [3.8, 4) is 0 Å². The van der Waals surface area contributed by atoms with Crippen molar-refractivity contribution in [2.24, 2.45) is 17.4 Å². The summed E-state index contributed by atoms with van der Waals surface area (Å²) in [6.45, 7) is 3.46. The Bertz CT molecular complexity index is 640. The molecular formula is C17H31N5O8. The van der Waals surface area contributed by atoms with Gasteiger partial charge in [-0.05, 0) is 19.3 Å². The molecule has 0 fully saturated rings. The van der Waals surface area contributed by atoms with Crippen LogP contribution in [0.4, 0.5) is 0 Å². The van der Waals surface area contributed by atoms with Gasteiger partial charge in [-0.25, -0.2) is 4.79 Å². The molecule has 0 saturated heterocycles. The first-order valence-corrected chi connectivity index (χ1v) is 9.28. The van der Waals surface area contributed by atoms with Crippen molar-refractivity contribution < 1.29 is 39.3 Å². The molecule has 0 aromatic carbocycles. The summed E-state index contributed by atoms with van der Waals surface area (Å²) >= 11 is 0. The Morgan fingerprint density at radius 3 is 1.83 bits per heavy atom. The molecule has 5 atom stereocenters. The van der Waals surface area contributed by atoms with Crippen LogP contribution in [0.15, 0.2) is 0 Å². The first-order valence-electron chi connectivity index (χ1n) is 9.28. The van der Waals surface area contributed by atoms with Crippen LogP contribution in [0, 0.1) is 5.92 Å². The number of carboxylic acid groups (broad SMARTS) is 1. The standard InChI is InChI=1S/C17H31N5O8/c1-7(2)12(17(29)30)21-15(27)10(6-23)20-16(28)13(8(3)24)22-14(26)9(18)4-5-11(19)25/h7-10,12-13,23-24H,4-6,18H2,1-3H3,(H2,19,25)(H,20,28)(H,21,27)(H,22,26)(H,29,30)/t8-,9+,10+,12+,13+/m1/s1. The number of aliphatic hydroxyl groups is 2. The molecule has 0 rings (SSSR count). The van der Waals surface area contributed by atoms with E-state index >= 15 is 0 Å². The highest BCUT2D eigenvalue weighted by molar-refractivity contribution is 5.94. The number of aliphatic hydroxyl groups excluding tert-OH is 2. The van der Waals surface area contributed by atoms with Gasteiger partial charge in [-0.2, -0.15) is 0 Å². The number of carboxylic acids is 1. The number of carbonyl (C=O) groups is 5. The molecule has 0 aromatic heterocycles. The molecule has 0 unspecified atom stereocenters. The Morgan fingerprint density at radius 2 is 1.43 bits per heavy atom. The predicted octanol–water partition coefficient (Wildman–Crippen LogP) is -3.85. The van der Waals surface area contributed by atoms with E-state index in [2.05, 4.69) is 16.0 Å². The van der Waals surface area contributed by atoms with Crippen molar-refractivity contribution >= 4 is 29.6 Å². The third-order valence-corrected chi connectivity index (χ3v) is 4.15. The summed E-state index contributed by atoms with van der Waals surface area (Å²) < 4.78 is 0. The van der Waals surface area contributed by atoms with Crippen molar-refractivity contribution in [2.45, 2.75) is 63.9 Å². The highest BCUT2D eigenvalue weighted by Gasteiger charge is 2.32. The lowest BCUT2D eigenvalue weighted by Gasteiger charge is -2.26. The zero-order valence-corrected chi connectivity index (χ0v) is 17.1. The summed E-state index contributed by atoms with van der Waals surface area (Å²) in [7, 11) is 0. The minimum Gasteiger partial charge on any atom is -0.480 e. The summed E-state index contributed by atoms with van der Waals surface area (Å²) in [6, 6.07) is -5.48. The molecule has 30 heavy (non-hydrogen) atoms. The van der Waals surface area contributed by atoms with Gasteiger partial charge < -0.3 is 42.7 Å². The van der Waals surface area contributed by atoms with Crippen LogP contribution in [0.5, 0.6) is 0 Å². The average Bonchev–Trinajstić information content (AvgIpc) is 2.64. The fraction of sp³-hybridized carbons (Fsp3) is 0.706. The molecule has 172 valence electrons. The average molecular weight is 433 g/mol. The zero-order valence-electron chi connectivity index (χ0n) is 17.1. The fourth-order valence-corrected chi connectivity index (χ4v) is 2.32. The van der Waals surface area contributed by atoms with E-state index in [1.165, 1.54) is 6.92 Å². The van der Waals surface area contributed by atoms with Gasteiger partial charge >= 0.3 is 5.97 Å². The van der Waals surface area contributed by atoms with Gasteiger partial charge in [-0.1, -0.05) is 13.8 Å². The number of hydrogen-bond acceptors (Lipinski definition) is 8. The van der Waals surface area contributed by atoms with Crippen molar-refractivity contribution in [3.05, 3.63) is 0 Å². The second-order valence-electron chi connectivity index (χ2n) is 7.15. The Labute approximate surface area is 173 Å². The van der Waals surface area contributed by atoms with Gasteiger partial charge in [0.25, 0.3) is 0 Å². The summed E-state index contributed by atoms with van der Waals surface area (Å²) in [4.78, 5) is 58.7. The van der Waals surface area contributed by atoms with E-state index in [0.717, 1.165) is 0 Å². The third kappa shape index (κ3) is 9.15. The van der Waals surface area contributed by atoms with Crippen LogP contribution in [0.2, 0.25) is 0 Å².